The average Bonchev–Trinajstić information content (AvgIpc) is 2.60. The predicted molar refractivity (Wildman–Crippen MR) is 90.4 cm³/mol. The van der Waals surface area contributed by atoms with Crippen LogP contribution in [0.25, 0.3) is 0 Å². The molecular formula is C17H23N5O2. The van der Waals surface area contributed by atoms with E-state index in [9.17, 15) is 9.59 Å². The van der Waals surface area contributed by atoms with Gasteiger partial charge in [-0.3, -0.25) is 9.59 Å². The van der Waals surface area contributed by atoms with Crippen molar-refractivity contribution in [2.45, 2.75) is 51.4 Å². The Hall–Kier alpha value is -2.31. The highest BCUT2D eigenvalue weighted by molar-refractivity contribution is 6.43. The van der Waals surface area contributed by atoms with Gasteiger partial charge >= 0.3 is 0 Å². The number of nitrogens with one attached hydrogen (secondary N) is 1. The van der Waals surface area contributed by atoms with Gasteiger partial charge in [0.05, 0.1) is 5.69 Å². The molecular weight excluding hydrogens is 306 g/mol. The molecule has 0 spiro atoms. The van der Waals surface area contributed by atoms with Gasteiger partial charge in [0.2, 0.25) is 5.91 Å². The summed E-state index contributed by atoms with van der Waals surface area (Å²) in [6, 6.07) is 3.71. The standard InChI is InChI=1S/C17H23N5O2/c1-22-16(23)10-8-14(21-22)17(24)18-15-9-7-13(19-20-15)11-12-5-3-2-4-6-12/h7,9,12H,2-6,8,10-11H2,1H3,(H,18,20,24). The van der Waals surface area contributed by atoms with Crippen LogP contribution in [0.5, 0.6) is 0 Å². The van der Waals surface area contributed by atoms with Crippen LogP contribution in [0.3, 0.4) is 0 Å². The van der Waals surface area contributed by atoms with Crippen molar-refractivity contribution in [1.82, 2.24) is 15.2 Å². The van der Waals surface area contributed by atoms with Crippen LogP contribution in [0.15, 0.2) is 17.2 Å². The number of aromatic nitrogens is 2. The molecule has 1 aliphatic heterocycles. The number of carbonyl (C=O) groups is 2. The smallest absolute Gasteiger partial charge is 0.273 e. The predicted octanol–water partition coefficient (Wildman–Crippen LogP) is 2.15. The van der Waals surface area contributed by atoms with Crippen molar-refractivity contribution < 1.29 is 9.59 Å². The van der Waals surface area contributed by atoms with E-state index in [-0.39, 0.29) is 11.8 Å². The van der Waals surface area contributed by atoms with Crippen LogP contribution in [0.1, 0.15) is 50.6 Å². The SMILES string of the molecule is CN1N=C(C(=O)Nc2ccc(CC3CCCCC3)nn2)CCC1=O. The Labute approximate surface area is 141 Å². The van der Waals surface area contributed by atoms with Crippen LogP contribution in [0, 0.1) is 5.92 Å². The fourth-order valence-electron chi connectivity index (χ4n) is 3.24. The van der Waals surface area contributed by atoms with Crippen molar-refractivity contribution in [3.63, 3.8) is 0 Å². The van der Waals surface area contributed by atoms with Gasteiger partial charge in [0.25, 0.3) is 5.91 Å². The molecule has 0 aromatic carbocycles. The van der Waals surface area contributed by atoms with Gasteiger partial charge in [0.15, 0.2) is 5.82 Å². The Morgan fingerprint density at radius 3 is 2.67 bits per heavy atom. The molecule has 0 unspecified atom stereocenters. The molecule has 7 heteroatoms. The number of hydrogen-bond donors (Lipinski definition) is 1. The average molecular weight is 329 g/mol. The molecule has 128 valence electrons. The van der Waals surface area contributed by atoms with E-state index in [0.717, 1.165) is 12.1 Å². The first kappa shape index (κ1) is 16.5. The van der Waals surface area contributed by atoms with Gasteiger partial charge < -0.3 is 5.32 Å². The van der Waals surface area contributed by atoms with Crippen molar-refractivity contribution in [2.75, 3.05) is 12.4 Å². The van der Waals surface area contributed by atoms with Gasteiger partial charge in [0.1, 0.15) is 5.71 Å². The van der Waals surface area contributed by atoms with Crippen molar-refractivity contribution in [1.29, 1.82) is 0 Å². The molecule has 1 aliphatic carbocycles. The summed E-state index contributed by atoms with van der Waals surface area (Å²) in [6.07, 6.45) is 8.12. The first-order chi connectivity index (χ1) is 11.6. The van der Waals surface area contributed by atoms with E-state index in [1.165, 1.54) is 37.1 Å². The summed E-state index contributed by atoms with van der Waals surface area (Å²) in [6.45, 7) is 0. The first-order valence-corrected chi connectivity index (χ1v) is 8.60. The molecule has 0 radical (unpaired) electrons. The fraction of sp³-hybridized carbons (Fsp3) is 0.588. The number of carbonyl (C=O) groups excluding carboxylic acids is 2. The van der Waals surface area contributed by atoms with Gasteiger partial charge in [-0.05, 0) is 24.5 Å². The van der Waals surface area contributed by atoms with Gasteiger partial charge in [0, 0.05) is 19.9 Å². The third kappa shape index (κ3) is 4.15. The van der Waals surface area contributed by atoms with E-state index in [0.29, 0.717) is 30.3 Å². The van der Waals surface area contributed by atoms with Crippen LogP contribution < -0.4 is 5.32 Å². The minimum absolute atomic E-state index is 0.0848. The van der Waals surface area contributed by atoms with Crippen molar-refractivity contribution in [3.05, 3.63) is 17.8 Å². The largest absolute Gasteiger partial charge is 0.304 e. The third-order valence-electron chi connectivity index (χ3n) is 4.65. The summed E-state index contributed by atoms with van der Waals surface area (Å²) in [7, 11) is 1.55. The number of rotatable bonds is 4. The zero-order chi connectivity index (χ0) is 16.9. The highest BCUT2D eigenvalue weighted by atomic mass is 16.2. The van der Waals surface area contributed by atoms with Gasteiger partial charge in [-0.2, -0.15) is 10.2 Å². The van der Waals surface area contributed by atoms with E-state index in [2.05, 4.69) is 20.6 Å². The summed E-state index contributed by atoms with van der Waals surface area (Å²) in [5.41, 5.74) is 1.31. The quantitative estimate of drug-likeness (QED) is 0.917. The lowest BCUT2D eigenvalue weighted by molar-refractivity contribution is -0.130. The second kappa shape index (κ2) is 7.51. The normalized spacial score (nSPS) is 19.1. The Bertz CT molecular complexity index is 635. The molecule has 3 rings (SSSR count). The Morgan fingerprint density at radius 2 is 2.00 bits per heavy atom. The zero-order valence-electron chi connectivity index (χ0n) is 14.0. The topological polar surface area (TPSA) is 87.6 Å². The summed E-state index contributed by atoms with van der Waals surface area (Å²) >= 11 is 0. The van der Waals surface area contributed by atoms with E-state index in [1.54, 1.807) is 13.1 Å². The molecule has 0 bridgehead atoms. The molecule has 2 aliphatic rings. The van der Waals surface area contributed by atoms with E-state index < -0.39 is 0 Å². The fourth-order valence-corrected chi connectivity index (χ4v) is 3.24. The van der Waals surface area contributed by atoms with E-state index >= 15 is 0 Å². The van der Waals surface area contributed by atoms with Gasteiger partial charge in [-0.15, -0.1) is 5.10 Å². The lowest BCUT2D eigenvalue weighted by Crippen LogP contribution is -2.34. The molecule has 0 saturated heterocycles. The highest BCUT2D eigenvalue weighted by Gasteiger charge is 2.22. The minimum Gasteiger partial charge on any atom is -0.304 e. The monoisotopic (exact) mass is 329 g/mol. The molecule has 1 N–H and O–H groups in total. The summed E-state index contributed by atoms with van der Waals surface area (Å²) in [4.78, 5) is 23.6. The first-order valence-electron chi connectivity index (χ1n) is 8.60. The molecule has 1 aromatic rings. The van der Waals surface area contributed by atoms with Crippen molar-refractivity contribution >= 4 is 23.3 Å². The lowest BCUT2D eigenvalue weighted by Gasteiger charge is -2.20. The minimum atomic E-state index is -0.330. The molecule has 2 amide bonds. The van der Waals surface area contributed by atoms with Crippen molar-refractivity contribution in [2.24, 2.45) is 11.0 Å². The maximum absolute atomic E-state index is 12.2. The number of nitrogens with zero attached hydrogens (tertiary/aromatic N) is 4. The summed E-state index contributed by atoms with van der Waals surface area (Å²) in [5, 5.41) is 16.2. The Balaban J connectivity index is 1.56. The van der Waals surface area contributed by atoms with Crippen molar-refractivity contribution in [3.8, 4) is 0 Å². The summed E-state index contributed by atoms with van der Waals surface area (Å²) in [5.74, 6) is 0.704. The molecule has 1 saturated carbocycles. The number of amides is 2. The molecule has 1 fully saturated rings. The Morgan fingerprint density at radius 1 is 1.21 bits per heavy atom. The molecule has 1 aromatic heterocycles. The summed E-state index contributed by atoms with van der Waals surface area (Å²) < 4.78 is 0. The molecule has 0 atom stereocenters. The number of anilines is 1. The highest BCUT2D eigenvalue weighted by Crippen LogP contribution is 2.26. The van der Waals surface area contributed by atoms with Gasteiger partial charge in [-0.25, -0.2) is 5.01 Å². The number of hydrogen-bond acceptors (Lipinski definition) is 5. The maximum atomic E-state index is 12.2. The van der Waals surface area contributed by atoms with E-state index in [1.807, 2.05) is 6.07 Å². The zero-order valence-corrected chi connectivity index (χ0v) is 14.0. The second-order valence-electron chi connectivity index (χ2n) is 6.54. The van der Waals surface area contributed by atoms with Crippen LogP contribution in [0.2, 0.25) is 0 Å². The lowest BCUT2D eigenvalue weighted by atomic mass is 9.86. The second-order valence-corrected chi connectivity index (χ2v) is 6.54. The molecule has 24 heavy (non-hydrogen) atoms. The van der Waals surface area contributed by atoms with Gasteiger partial charge in [-0.1, -0.05) is 32.1 Å². The third-order valence-corrected chi connectivity index (χ3v) is 4.65. The van der Waals surface area contributed by atoms with Crippen LogP contribution in [0.4, 0.5) is 5.82 Å². The van der Waals surface area contributed by atoms with Crippen LogP contribution >= 0.6 is 0 Å². The molecule has 2 heterocycles. The number of hydrazone groups is 1. The molecule has 7 nitrogen and oxygen atoms in total. The van der Waals surface area contributed by atoms with Crippen LogP contribution in [-0.4, -0.2) is 39.8 Å². The van der Waals surface area contributed by atoms with E-state index in [4.69, 9.17) is 0 Å². The Kier molecular flexibility index (Phi) is 5.17. The van der Waals surface area contributed by atoms with Crippen LogP contribution in [-0.2, 0) is 16.0 Å². The maximum Gasteiger partial charge on any atom is 0.273 e.